The van der Waals surface area contributed by atoms with E-state index in [1.54, 1.807) is 24.3 Å². The third kappa shape index (κ3) is 2.89. The number of hydrogen-bond acceptors (Lipinski definition) is 4. The number of anilines is 1. The van der Waals surface area contributed by atoms with Gasteiger partial charge in [-0.1, -0.05) is 12.1 Å². The Morgan fingerprint density at radius 3 is 2.33 bits per heavy atom. The molecule has 0 spiro atoms. The SMILES string of the molecule is Nc1ccc(CO[SH](=O)=O)cc1. The molecule has 12 heavy (non-hydrogen) atoms. The van der Waals surface area contributed by atoms with Gasteiger partial charge in [0.2, 0.25) is 0 Å². The van der Waals surface area contributed by atoms with Gasteiger partial charge in [-0.15, -0.1) is 0 Å². The van der Waals surface area contributed by atoms with Gasteiger partial charge in [-0.25, -0.2) is 8.42 Å². The van der Waals surface area contributed by atoms with Crippen LogP contribution in [-0.2, 0) is 21.8 Å². The third-order valence-electron chi connectivity index (χ3n) is 1.32. The van der Waals surface area contributed by atoms with Gasteiger partial charge in [-0.2, -0.15) is 0 Å². The van der Waals surface area contributed by atoms with Gasteiger partial charge in [0.05, 0.1) is 6.61 Å². The predicted octanol–water partition coefficient (Wildman–Crippen LogP) is 0.312. The van der Waals surface area contributed by atoms with Crippen molar-refractivity contribution in [2.24, 2.45) is 0 Å². The van der Waals surface area contributed by atoms with E-state index in [9.17, 15) is 8.42 Å². The van der Waals surface area contributed by atoms with Gasteiger partial charge in [-0.3, -0.25) is 4.18 Å². The number of nitrogen functional groups attached to an aromatic ring is 1. The molecule has 0 radical (unpaired) electrons. The van der Waals surface area contributed by atoms with Gasteiger partial charge in [0, 0.05) is 5.69 Å². The largest absolute Gasteiger partial charge is 0.399 e. The molecule has 0 heterocycles. The van der Waals surface area contributed by atoms with E-state index in [2.05, 4.69) is 4.18 Å². The van der Waals surface area contributed by atoms with E-state index in [0.29, 0.717) is 5.69 Å². The Kier molecular flexibility index (Phi) is 3.07. The molecule has 0 saturated carbocycles. The molecule has 0 atom stereocenters. The fraction of sp³-hybridized carbons (Fsp3) is 0.143. The minimum absolute atomic E-state index is 0.0684. The van der Waals surface area contributed by atoms with Gasteiger partial charge < -0.3 is 5.73 Å². The molecule has 0 amide bonds. The van der Waals surface area contributed by atoms with Crippen LogP contribution in [-0.4, -0.2) is 8.42 Å². The van der Waals surface area contributed by atoms with Crippen molar-refractivity contribution < 1.29 is 12.6 Å². The molecule has 0 unspecified atom stereocenters. The molecular weight excluding hydrogens is 178 g/mol. The van der Waals surface area contributed by atoms with Crippen molar-refractivity contribution in [1.82, 2.24) is 0 Å². The Morgan fingerprint density at radius 1 is 1.25 bits per heavy atom. The lowest BCUT2D eigenvalue weighted by molar-refractivity contribution is 0.323. The second-order valence-corrected chi connectivity index (χ2v) is 2.94. The maximum Gasteiger partial charge on any atom is 0.257 e. The minimum atomic E-state index is -2.76. The first-order valence-corrected chi connectivity index (χ1v) is 4.40. The minimum Gasteiger partial charge on any atom is -0.399 e. The number of thiol groups is 1. The molecular formula is C7H9NO3S. The van der Waals surface area contributed by atoms with Gasteiger partial charge in [0.1, 0.15) is 0 Å². The lowest BCUT2D eigenvalue weighted by Gasteiger charge is -1.97. The lowest BCUT2D eigenvalue weighted by Crippen LogP contribution is -1.91. The molecule has 2 N–H and O–H groups in total. The summed E-state index contributed by atoms with van der Waals surface area (Å²) in [6.45, 7) is 0.0684. The fourth-order valence-corrected chi connectivity index (χ4v) is 0.996. The van der Waals surface area contributed by atoms with Gasteiger partial charge >= 0.3 is 0 Å². The van der Waals surface area contributed by atoms with Crippen LogP contribution >= 0.6 is 0 Å². The molecule has 0 fully saturated rings. The second-order valence-electron chi connectivity index (χ2n) is 2.24. The Hall–Kier alpha value is -1.07. The number of rotatable bonds is 3. The van der Waals surface area contributed by atoms with Crippen molar-refractivity contribution in [3.05, 3.63) is 29.8 Å². The maximum atomic E-state index is 10.0. The van der Waals surface area contributed by atoms with E-state index >= 15 is 0 Å². The van der Waals surface area contributed by atoms with Crippen molar-refractivity contribution in [2.45, 2.75) is 6.61 Å². The first-order chi connectivity index (χ1) is 5.68. The van der Waals surface area contributed by atoms with Crippen LogP contribution in [0.2, 0.25) is 0 Å². The topological polar surface area (TPSA) is 69.4 Å². The van der Waals surface area contributed by atoms with Crippen LogP contribution in [0.4, 0.5) is 5.69 Å². The normalized spacial score (nSPS) is 10.4. The summed E-state index contributed by atoms with van der Waals surface area (Å²) in [5.41, 5.74) is 6.85. The average Bonchev–Trinajstić information content (AvgIpc) is 2.03. The number of benzene rings is 1. The van der Waals surface area contributed by atoms with E-state index < -0.39 is 11.0 Å². The molecule has 5 heteroatoms. The predicted molar refractivity (Wildman–Crippen MR) is 46.0 cm³/mol. The van der Waals surface area contributed by atoms with Crippen LogP contribution in [0.15, 0.2) is 24.3 Å². The molecule has 0 aromatic heterocycles. The average molecular weight is 187 g/mol. The van der Waals surface area contributed by atoms with Gasteiger partial charge in [0.15, 0.2) is 0 Å². The van der Waals surface area contributed by atoms with Gasteiger partial charge in [0.25, 0.3) is 11.0 Å². The molecule has 0 aliphatic carbocycles. The summed E-state index contributed by atoms with van der Waals surface area (Å²) in [7, 11) is -2.76. The molecule has 4 nitrogen and oxygen atoms in total. The summed E-state index contributed by atoms with van der Waals surface area (Å²) in [5.74, 6) is 0. The van der Waals surface area contributed by atoms with Crippen molar-refractivity contribution in [3.8, 4) is 0 Å². The van der Waals surface area contributed by atoms with E-state index in [4.69, 9.17) is 5.73 Å². The van der Waals surface area contributed by atoms with Crippen LogP contribution in [0.5, 0.6) is 0 Å². The van der Waals surface area contributed by atoms with Crippen LogP contribution in [0.3, 0.4) is 0 Å². The first-order valence-electron chi connectivity index (χ1n) is 3.30. The second kappa shape index (κ2) is 4.08. The Labute approximate surface area is 72.1 Å². The zero-order chi connectivity index (χ0) is 8.97. The van der Waals surface area contributed by atoms with Crippen molar-refractivity contribution >= 4 is 16.7 Å². The standard InChI is InChI=1S/C7H9NO3S/c8-7-3-1-6(2-4-7)5-11-12(9)10/h1-4,12H,5,8H2. The van der Waals surface area contributed by atoms with E-state index in [1.807, 2.05) is 0 Å². The van der Waals surface area contributed by atoms with Crippen LogP contribution < -0.4 is 5.73 Å². The molecule has 66 valence electrons. The molecule has 1 rings (SSSR count). The summed E-state index contributed by atoms with van der Waals surface area (Å²) in [4.78, 5) is 0. The number of nitrogens with two attached hydrogens (primary N) is 1. The Balaban J connectivity index is 2.59. The zero-order valence-electron chi connectivity index (χ0n) is 6.27. The molecule has 0 saturated heterocycles. The van der Waals surface area contributed by atoms with Crippen LogP contribution in [0, 0.1) is 0 Å². The molecule has 1 aromatic rings. The van der Waals surface area contributed by atoms with Crippen LogP contribution in [0.1, 0.15) is 5.56 Å². The van der Waals surface area contributed by atoms with E-state index in [0.717, 1.165) is 5.56 Å². The molecule has 0 aliphatic rings. The Bertz CT molecular complexity index is 310. The zero-order valence-corrected chi connectivity index (χ0v) is 7.16. The smallest absolute Gasteiger partial charge is 0.257 e. The summed E-state index contributed by atoms with van der Waals surface area (Å²) in [6.07, 6.45) is 0. The van der Waals surface area contributed by atoms with Crippen molar-refractivity contribution in [3.63, 3.8) is 0 Å². The lowest BCUT2D eigenvalue weighted by atomic mass is 10.2. The van der Waals surface area contributed by atoms with Crippen LogP contribution in [0.25, 0.3) is 0 Å². The molecule has 0 aliphatic heterocycles. The fourth-order valence-electron chi connectivity index (χ4n) is 0.741. The van der Waals surface area contributed by atoms with E-state index in [1.165, 1.54) is 0 Å². The monoisotopic (exact) mass is 187 g/mol. The highest BCUT2D eigenvalue weighted by Crippen LogP contribution is 2.06. The van der Waals surface area contributed by atoms with Gasteiger partial charge in [-0.05, 0) is 17.7 Å². The number of hydrogen-bond donors (Lipinski definition) is 2. The maximum absolute atomic E-state index is 10.0. The highest BCUT2D eigenvalue weighted by Gasteiger charge is 1.92. The first kappa shape index (κ1) is 9.02. The molecule has 0 bridgehead atoms. The summed E-state index contributed by atoms with van der Waals surface area (Å²) >= 11 is 0. The summed E-state index contributed by atoms with van der Waals surface area (Å²) in [6, 6.07) is 6.81. The summed E-state index contributed by atoms with van der Waals surface area (Å²) < 4.78 is 24.4. The quantitative estimate of drug-likeness (QED) is 0.528. The van der Waals surface area contributed by atoms with Crippen molar-refractivity contribution in [2.75, 3.05) is 5.73 Å². The van der Waals surface area contributed by atoms with E-state index in [-0.39, 0.29) is 6.61 Å². The molecule has 1 aromatic carbocycles. The third-order valence-corrected chi connectivity index (χ3v) is 1.66. The highest BCUT2D eigenvalue weighted by molar-refractivity contribution is 7.67. The van der Waals surface area contributed by atoms with Crippen molar-refractivity contribution in [1.29, 1.82) is 0 Å². The highest BCUT2D eigenvalue weighted by atomic mass is 32.2. The summed E-state index contributed by atoms with van der Waals surface area (Å²) in [5, 5.41) is 0. The Morgan fingerprint density at radius 2 is 1.83 bits per heavy atom.